The summed E-state index contributed by atoms with van der Waals surface area (Å²) in [5.41, 5.74) is 4.76. The fourth-order valence-electron chi connectivity index (χ4n) is 2.95. The predicted molar refractivity (Wildman–Crippen MR) is 115 cm³/mol. The summed E-state index contributed by atoms with van der Waals surface area (Å²) in [6, 6.07) is 19.9. The van der Waals surface area contributed by atoms with E-state index in [-0.39, 0.29) is 11.4 Å². The molecule has 142 valence electrons. The summed E-state index contributed by atoms with van der Waals surface area (Å²) in [7, 11) is 0. The van der Waals surface area contributed by atoms with Crippen LogP contribution in [-0.2, 0) is 10.2 Å². The lowest BCUT2D eigenvalue weighted by atomic mass is 9.86. The molecule has 0 atom stereocenters. The van der Waals surface area contributed by atoms with Crippen molar-refractivity contribution in [2.75, 3.05) is 6.61 Å². The van der Waals surface area contributed by atoms with E-state index >= 15 is 0 Å². The highest BCUT2D eigenvalue weighted by Crippen LogP contribution is 2.38. The van der Waals surface area contributed by atoms with Crippen LogP contribution in [0.15, 0.2) is 54.6 Å². The molecule has 3 rings (SSSR count). The first-order valence-corrected chi connectivity index (χ1v) is 10.1. The van der Waals surface area contributed by atoms with Crippen LogP contribution in [0.25, 0.3) is 21.6 Å². The Morgan fingerprint density at radius 1 is 1.04 bits per heavy atom. The molecule has 1 heterocycles. The number of rotatable bonds is 4. The van der Waals surface area contributed by atoms with Crippen LogP contribution in [0.4, 0.5) is 0 Å². The molecule has 0 unspecified atom stereocenters. The Bertz CT molecular complexity index is 1020. The fourth-order valence-corrected chi connectivity index (χ4v) is 4.03. The Morgan fingerprint density at radius 2 is 1.64 bits per heavy atom. The Kier molecular flexibility index (Phi) is 5.67. The third kappa shape index (κ3) is 4.16. The van der Waals surface area contributed by atoms with Crippen molar-refractivity contribution in [1.29, 1.82) is 5.26 Å². The van der Waals surface area contributed by atoms with Gasteiger partial charge in [-0.25, -0.2) is 4.79 Å². The zero-order chi connectivity index (χ0) is 20.3. The summed E-state index contributed by atoms with van der Waals surface area (Å²) in [5, 5.41) is 9.02. The maximum atomic E-state index is 12.5. The van der Waals surface area contributed by atoms with Crippen molar-refractivity contribution >= 4 is 17.3 Å². The monoisotopic (exact) mass is 389 g/mol. The lowest BCUT2D eigenvalue weighted by Crippen LogP contribution is -2.10. The van der Waals surface area contributed by atoms with Gasteiger partial charge in [0, 0.05) is 10.4 Å². The Labute approximate surface area is 170 Å². The van der Waals surface area contributed by atoms with Crippen LogP contribution in [0.1, 0.15) is 48.5 Å². The number of hydrogen-bond acceptors (Lipinski definition) is 4. The number of nitrogens with zero attached hydrogens (tertiary/aromatic N) is 1. The lowest BCUT2D eigenvalue weighted by Gasteiger charge is -2.18. The molecular weight excluding hydrogens is 366 g/mol. The fraction of sp³-hybridized carbons (Fsp3) is 0.250. The molecule has 2 aromatic carbocycles. The minimum Gasteiger partial charge on any atom is -0.462 e. The molecule has 0 fully saturated rings. The molecule has 4 heteroatoms. The van der Waals surface area contributed by atoms with Crippen molar-refractivity contribution in [3.8, 4) is 27.6 Å². The van der Waals surface area contributed by atoms with Gasteiger partial charge in [0.15, 0.2) is 0 Å². The van der Waals surface area contributed by atoms with Gasteiger partial charge in [-0.3, -0.25) is 0 Å². The molecule has 3 nitrogen and oxygen atoms in total. The van der Waals surface area contributed by atoms with Gasteiger partial charge >= 0.3 is 5.97 Å². The molecule has 3 aromatic rings. The number of carbonyl (C=O) groups is 1. The van der Waals surface area contributed by atoms with Crippen molar-refractivity contribution < 1.29 is 9.53 Å². The molecule has 0 amide bonds. The van der Waals surface area contributed by atoms with Crippen LogP contribution >= 0.6 is 11.3 Å². The maximum Gasteiger partial charge on any atom is 0.348 e. The largest absolute Gasteiger partial charge is 0.462 e. The molecular formula is C24H23NO2S. The average Bonchev–Trinajstić information content (AvgIpc) is 3.13. The molecule has 0 aliphatic rings. The summed E-state index contributed by atoms with van der Waals surface area (Å²) < 4.78 is 5.27. The Balaban J connectivity index is 2.06. The molecule has 0 aliphatic heterocycles. The third-order valence-electron chi connectivity index (χ3n) is 4.55. The predicted octanol–water partition coefficient (Wildman–Crippen LogP) is 6.43. The third-order valence-corrected chi connectivity index (χ3v) is 5.72. The second kappa shape index (κ2) is 8.00. The van der Waals surface area contributed by atoms with E-state index in [4.69, 9.17) is 10.00 Å². The highest BCUT2D eigenvalue weighted by Gasteiger charge is 2.20. The smallest absolute Gasteiger partial charge is 0.348 e. The van der Waals surface area contributed by atoms with Crippen LogP contribution in [0.5, 0.6) is 0 Å². The molecule has 28 heavy (non-hydrogen) atoms. The zero-order valence-corrected chi connectivity index (χ0v) is 17.4. The maximum absolute atomic E-state index is 12.5. The SMILES string of the molecule is CCOC(=O)c1sc(-c2ccc(C(C)(C)C)cc2)cc1-c1ccc(C#N)cc1. The number of ether oxygens (including phenoxy) is 1. The van der Waals surface area contributed by atoms with Gasteiger partial charge in [0.2, 0.25) is 0 Å². The number of benzene rings is 2. The molecule has 0 saturated heterocycles. The molecule has 0 saturated carbocycles. The summed E-state index contributed by atoms with van der Waals surface area (Å²) >= 11 is 1.44. The number of esters is 1. The summed E-state index contributed by atoms with van der Waals surface area (Å²) in [5.74, 6) is -0.315. The van der Waals surface area contributed by atoms with E-state index < -0.39 is 0 Å². The lowest BCUT2D eigenvalue weighted by molar-refractivity contribution is 0.0533. The number of carbonyl (C=O) groups excluding carboxylic acids is 1. The topological polar surface area (TPSA) is 50.1 Å². The van der Waals surface area contributed by atoms with Crippen molar-refractivity contribution in [2.24, 2.45) is 0 Å². The van der Waals surface area contributed by atoms with Crippen molar-refractivity contribution in [3.63, 3.8) is 0 Å². The molecule has 0 spiro atoms. The van der Waals surface area contributed by atoms with Gasteiger partial charge in [0.25, 0.3) is 0 Å². The first-order chi connectivity index (χ1) is 13.3. The minimum atomic E-state index is -0.315. The minimum absolute atomic E-state index is 0.0950. The molecule has 0 N–H and O–H groups in total. The zero-order valence-electron chi connectivity index (χ0n) is 16.6. The van der Waals surface area contributed by atoms with Crippen molar-refractivity contribution in [3.05, 3.63) is 70.6 Å². The molecule has 0 radical (unpaired) electrons. The van der Waals surface area contributed by atoms with E-state index in [2.05, 4.69) is 51.1 Å². The van der Waals surface area contributed by atoms with Crippen molar-refractivity contribution in [1.82, 2.24) is 0 Å². The summed E-state index contributed by atoms with van der Waals surface area (Å²) in [6.45, 7) is 8.71. The summed E-state index contributed by atoms with van der Waals surface area (Å²) in [4.78, 5) is 14.1. The first-order valence-electron chi connectivity index (χ1n) is 9.26. The van der Waals surface area contributed by atoms with Crippen LogP contribution < -0.4 is 0 Å². The normalized spacial score (nSPS) is 11.1. The van der Waals surface area contributed by atoms with Gasteiger partial charge in [-0.1, -0.05) is 57.2 Å². The second-order valence-corrected chi connectivity index (χ2v) is 8.64. The molecule has 1 aromatic heterocycles. The first kappa shape index (κ1) is 19.9. The Morgan fingerprint density at radius 3 is 2.18 bits per heavy atom. The second-order valence-electron chi connectivity index (χ2n) is 7.59. The van der Waals surface area contributed by atoms with Gasteiger partial charge in [-0.15, -0.1) is 11.3 Å². The quantitative estimate of drug-likeness (QED) is 0.483. The number of hydrogen-bond donors (Lipinski definition) is 0. The van der Waals surface area contributed by atoms with E-state index in [0.29, 0.717) is 17.0 Å². The van der Waals surface area contributed by atoms with Crippen LogP contribution in [0, 0.1) is 11.3 Å². The van der Waals surface area contributed by atoms with Gasteiger partial charge < -0.3 is 4.74 Å². The van der Waals surface area contributed by atoms with E-state index in [9.17, 15) is 4.79 Å². The van der Waals surface area contributed by atoms with Crippen LogP contribution in [0.2, 0.25) is 0 Å². The van der Waals surface area contributed by atoms with E-state index in [0.717, 1.165) is 21.6 Å². The Hall–Kier alpha value is -2.90. The van der Waals surface area contributed by atoms with E-state index in [1.165, 1.54) is 16.9 Å². The number of thiophene rings is 1. The van der Waals surface area contributed by atoms with E-state index in [1.54, 1.807) is 19.1 Å². The van der Waals surface area contributed by atoms with Crippen LogP contribution in [0.3, 0.4) is 0 Å². The average molecular weight is 390 g/mol. The highest BCUT2D eigenvalue weighted by atomic mass is 32.1. The highest BCUT2D eigenvalue weighted by molar-refractivity contribution is 7.17. The van der Waals surface area contributed by atoms with Crippen molar-refractivity contribution in [2.45, 2.75) is 33.1 Å². The van der Waals surface area contributed by atoms with Crippen LogP contribution in [-0.4, -0.2) is 12.6 Å². The van der Waals surface area contributed by atoms with Gasteiger partial charge in [0.1, 0.15) is 4.88 Å². The standard InChI is InChI=1S/C24H23NO2S/c1-5-27-23(26)22-20(17-8-6-16(15-25)7-9-17)14-21(28-22)18-10-12-19(13-11-18)24(2,3)4/h6-14H,5H2,1-4H3. The van der Waals surface area contributed by atoms with Gasteiger partial charge in [-0.2, -0.15) is 5.26 Å². The molecule has 0 bridgehead atoms. The van der Waals surface area contributed by atoms with E-state index in [1.807, 2.05) is 18.2 Å². The number of nitriles is 1. The molecule has 0 aliphatic carbocycles. The van der Waals surface area contributed by atoms with Gasteiger partial charge in [-0.05, 0) is 47.2 Å². The summed E-state index contributed by atoms with van der Waals surface area (Å²) in [6.07, 6.45) is 0. The van der Waals surface area contributed by atoms with Gasteiger partial charge in [0.05, 0.1) is 18.2 Å².